The zero-order chi connectivity index (χ0) is 15.6. The summed E-state index contributed by atoms with van der Waals surface area (Å²) in [6.07, 6.45) is 0. The molecular formula is C13H11Cl2NO4S. The SMILES string of the molecule is COc1c(S(=O)(=O)Nc2cccc(O)c2)ccc(Cl)c1Cl. The number of halogens is 2. The van der Waals surface area contributed by atoms with Crippen LogP contribution in [0.3, 0.4) is 0 Å². The predicted molar refractivity (Wildman–Crippen MR) is 81.9 cm³/mol. The minimum Gasteiger partial charge on any atom is -0.508 e. The molecule has 0 aliphatic heterocycles. The number of phenolic OH excluding ortho intramolecular Hbond substituents is 1. The molecule has 2 rings (SSSR count). The molecule has 0 aromatic heterocycles. The van der Waals surface area contributed by atoms with Gasteiger partial charge in [0.15, 0.2) is 5.75 Å². The van der Waals surface area contributed by atoms with Crippen molar-refractivity contribution in [1.29, 1.82) is 0 Å². The Balaban J connectivity index is 2.47. The monoisotopic (exact) mass is 347 g/mol. The molecule has 2 aromatic rings. The molecule has 0 aliphatic carbocycles. The second kappa shape index (κ2) is 6.01. The van der Waals surface area contributed by atoms with Gasteiger partial charge in [0.25, 0.3) is 10.0 Å². The Morgan fingerprint density at radius 3 is 2.52 bits per heavy atom. The van der Waals surface area contributed by atoms with Crippen LogP contribution in [-0.2, 0) is 10.0 Å². The zero-order valence-electron chi connectivity index (χ0n) is 10.8. The highest BCUT2D eigenvalue weighted by atomic mass is 35.5. The molecule has 5 nitrogen and oxygen atoms in total. The number of aromatic hydroxyl groups is 1. The molecule has 0 unspecified atom stereocenters. The van der Waals surface area contributed by atoms with Crippen molar-refractivity contribution >= 4 is 38.9 Å². The van der Waals surface area contributed by atoms with Crippen molar-refractivity contribution in [2.75, 3.05) is 11.8 Å². The standard InChI is InChI=1S/C13H11Cl2NO4S/c1-20-13-11(6-5-10(14)12(13)15)21(18,19)16-8-3-2-4-9(17)7-8/h2-7,16-17H,1H3. The van der Waals surface area contributed by atoms with Crippen LogP contribution in [0.1, 0.15) is 0 Å². The first-order chi connectivity index (χ1) is 9.85. The van der Waals surface area contributed by atoms with Crippen molar-refractivity contribution in [2.24, 2.45) is 0 Å². The highest BCUT2D eigenvalue weighted by Gasteiger charge is 2.23. The molecule has 0 saturated carbocycles. The maximum Gasteiger partial charge on any atom is 0.265 e. The lowest BCUT2D eigenvalue weighted by Gasteiger charge is -2.13. The van der Waals surface area contributed by atoms with E-state index in [1.54, 1.807) is 0 Å². The average molecular weight is 348 g/mol. The minimum absolute atomic E-state index is 0.0120. The minimum atomic E-state index is -3.94. The molecule has 2 aromatic carbocycles. The Morgan fingerprint density at radius 1 is 1.19 bits per heavy atom. The normalized spacial score (nSPS) is 11.2. The van der Waals surface area contributed by atoms with Crippen LogP contribution in [0, 0.1) is 0 Å². The van der Waals surface area contributed by atoms with Gasteiger partial charge in [-0.05, 0) is 24.3 Å². The van der Waals surface area contributed by atoms with Gasteiger partial charge in [-0.3, -0.25) is 4.72 Å². The van der Waals surface area contributed by atoms with E-state index < -0.39 is 10.0 Å². The van der Waals surface area contributed by atoms with Crippen LogP contribution < -0.4 is 9.46 Å². The third kappa shape index (κ3) is 3.34. The van der Waals surface area contributed by atoms with Crippen LogP contribution >= 0.6 is 23.2 Å². The van der Waals surface area contributed by atoms with Crippen LogP contribution in [0.25, 0.3) is 0 Å². The van der Waals surface area contributed by atoms with Crippen molar-refractivity contribution in [2.45, 2.75) is 4.90 Å². The number of benzene rings is 2. The van der Waals surface area contributed by atoms with Crippen molar-refractivity contribution in [3.8, 4) is 11.5 Å². The maximum atomic E-state index is 12.4. The van der Waals surface area contributed by atoms with Crippen molar-refractivity contribution in [3.63, 3.8) is 0 Å². The molecule has 0 heterocycles. The van der Waals surface area contributed by atoms with Gasteiger partial charge in [-0.2, -0.15) is 0 Å². The second-order valence-electron chi connectivity index (χ2n) is 4.05. The number of methoxy groups -OCH3 is 1. The predicted octanol–water partition coefficient (Wildman–Crippen LogP) is 3.51. The van der Waals surface area contributed by atoms with Gasteiger partial charge < -0.3 is 9.84 Å². The number of nitrogens with one attached hydrogen (secondary N) is 1. The molecule has 0 bridgehead atoms. The number of hydrogen-bond acceptors (Lipinski definition) is 4. The lowest BCUT2D eigenvalue weighted by atomic mass is 10.3. The number of sulfonamides is 1. The van der Waals surface area contributed by atoms with E-state index in [4.69, 9.17) is 27.9 Å². The summed E-state index contributed by atoms with van der Waals surface area (Å²) in [5, 5.41) is 9.56. The molecule has 21 heavy (non-hydrogen) atoms. The van der Waals surface area contributed by atoms with Gasteiger partial charge in [-0.15, -0.1) is 0 Å². The van der Waals surface area contributed by atoms with Crippen LogP contribution in [0.15, 0.2) is 41.3 Å². The molecular weight excluding hydrogens is 337 g/mol. The summed E-state index contributed by atoms with van der Waals surface area (Å²) in [4.78, 5) is -0.150. The lowest BCUT2D eigenvalue weighted by Crippen LogP contribution is -2.14. The summed E-state index contributed by atoms with van der Waals surface area (Å²) in [6, 6.07) is 8.38. The Bertz CT molecular complexity index is 778. The van der Waals surface area contributed by atoms with E-state index in [1.807, 2.05) is 0 Å². The molecule has 0 aliphatic rings. The second-order valence-corrected chi connectivity index (χ2v) is 6.48. The van der Waals surface area contributed by atoms with E-state index in [0.717, 1.165) is 0 Å². The fourth-order valence-corrected chi connectivity index (χ4v) is 3.37. The molecule has 0 saturated heterocycles. The number of hydrogen-bond donors (Lipinski definition) is 2. The van der Waals surface area contributed by atoms with Gasteiger partial charge in [-0.1, -0.05) is 29.3 Å². The number of anilines is 1. The van der Waals surface area contributed by atoms with Gasteiger partial charge in [0.1, 0.15) is 15.7 Å². The van der Waals surface area contributed by atoms with E-state index in [1.165, 1.54) is 43.5 Å². The van der Waals surface area contributed by atoms with Crippen molar-refractivity contribution in [1.82, 2.24) is 0 Å². The molecule has 0 radical (unpaired) electrons. The van der Waals surface area contributed by atoms with Crippen molar-refractivity contribution in [3.05, 3.63) is 46.4 Å². The van der Waals surface area contributed by atoms with Gasteiger partial charge in [0.05, 0.1) is 17.8 Å². The number of rotatable bonds is 4. The summed E-state index contributed by atoms with van der Waals surface area (Å²) in [6.45, 7) is 0. The first-order valence-corrected chi connectivity index (χ1v) is 7.93. The van der Waals surface area contributed by atoms with Crippen LogP contribution in [-0.4, -0.2) is 20.6 Å². The Morgan fingerprint density at radius 2 is 1.90 bits per heavy atom. The van der Waals surface area contributed by atoms with E-state index >= 15 is 0 Å². The topological polar surface area (TPSA) is 75.6 Å². The highest BCUT2D eigenvalue weighted by molar-refractivity contribution is 7.92. The Labute approximate surface area is 132 Å². The van der Waals surface area contributed by atoms with Crippen molar-refractivity contribution < 1.29 is 18.3 Å². The summed E-state index contributed by atoms with van der Waals surface area (Å²) in [5.74, 6) is -0.104. The smallest absolute Gasteiger partial charge is 0.265 e. The molecule has 0 spiro atoms. The summed E-state index contributed by atoms with van der Waals surface area (Å²) in [5.41, 5.74) is 0.211. The Hall–Kier alpha value is -1.63. The summed E-state index contributed by atoms with van der Waals surface area (Å²) < 4.78 is 32.1. The van der Waals surface area contributed by atoms with Crippen LogP contribution in [0.4, 0.5) is 5.69 Å². The molecule has 112 valence electrons. The van der Waals surface area contributed by atoms with Crippen LogP contribution in [0.5, 0.6) is 11.5 Å². The number of ether oxygens (including phenoxy) is 1. The first kappa shape index (κ1) is 15.8. The molecule has 0 amide bonds. The van der Waals surface area contributed by atoms with Gasteiger partial charge >= 0.3 is 0 Å². The summed E-state index contributed by atoms with van der Waals surface area (Å²) in [7, 11) is -2.64. The third-order valence-electron chi connectivity index (χ3n) is 2.61. The van der Waals surface area contributed by atoms with E-state index in [2.05, 4.69) is 4.72 Å². The molecule has 2 N–H and O–H groups in total. The van der Waals surface area contributed by atoms with E-state index in [9.17, 15) is 13.5 Å². The fourth-order valence-electron chi connectivity index (χ4n) is 1.70. The molecule has 0 fully saturated rings. The quantitative estimate of drug-likeness (QED) is 0.887. The van der Waals surface area contributed by atoms with Gasteiger partial charge in [0.2, 0.25) is 0 Å². The van der Waals surface area contributed by atoms with Gasteiger partial charge in [-0.25, -0.2) is 8.42 Å². The third-order valence-corrected chi connectivity index (χ3v) is 4.80. The largest absolute Gasteiger partial charge is 0.508 e. The average Bonchev–Trinajstić information content (AvgIpc) is 2.41. The fraction of sp³-hybridized carbons (Fsp3) is 0.0769. The van der Waals surface area contributed by atoms with Gasteiger partial charge in [0, 0.05) is 6.07 Å². The summed E-state index contributed by atoms with van der Waals surface area (Å²) >= 11 is 11.8. The lowest BCUT2D eigenvalue weighted by molar-refractivity contribution is 0.403. The first-order valence-electron chi connectivity index (χ1n) is 5.69. The molecule has 8 heteroatoms. The molecule has 0 atom stereocenters. The Kier molecular flexibility index (Phi) is 4.51. The maximum absolute atomic E-state index is 12.4. The van der Waals surface area contributed by atoms with E-state index in [0.29, 0.717) is 0 Å². The zero-order valence-corrected chi connectivity index (χ0v) is 13.1. The van der Waals surface area contributed by atoms with E-state index in [-0.39, 0.29) is 32.1 Å². The number of phenols is 1. The van der Waals surface area contributed by atoms with Crippen LogP contribution in [0.2, 0.25) is 10.0 Å². The highest BCUT2D eigenvalue weighted by Crippen LogP contribution is 2.38.